The van der Waals surface area contributed by atoms with Gasteiger partial charge in [-0.1, -0.05) is 37.3 Å². The van der Waals surface area contributed by atoms with Gasteiger partial charge in [-0.2, -0.15) is 5.10 Å². The summed E-state index contributed by atoms with van der Waals surface area (Å²) in [5.41, 5.74) is 4.73. The number of nitrogens with zero attached hydrogens (tertiary/aromatic N) is 3. The van der Waals surface area contributed by atoms with E-state index in [0.29, 0.717) is 40.2 Å². The average molecular weight is 505 g/mol. The minimum absolute atomic E-state index is 0.0136. The summed E-state index contributed by atoms with van der Waals surface area (Å²) < 4.78 is 31.5. The molecule has 1 aliphatic heterocycles. The Bertz CT molecular complexity index is 1580. The number of aromatic nitrogens is 3. The van der Waals surface area contributed by atoms with Gasteiger partial charge < -0.3 is 10.1 Å². The third-order valence-electron chi connectivity index (χ3n) is 6.65. The van der Waals surface area contributed by atoms with E-state index in [4.69, 9.17) is 9.72 Å². The zero-order valence-electron chi connectivity index (χ0n) is 20.5. The van der Waals surface area contributed by atoms with Gasteiger partial charge in [0, 0.05) is 11.3 Å². The lowest BCUT2D eigenvalue weighted by Crippen LogP contribution is -2.15. The number of pyridine rings is 1. The van der Waals surface area contributed by atoms with Crippen molar-refractivity contribution in [2.75, 3.05) is 23.9 Å². The van der Waals surface area contributed by atoms with Gasteiger partial charge in [0.05, 0.1) is 47.0 Å². The second-order valence-electron chi connectivity index (χ2n) is 9.04. The SMILES string of the molecule is CCc1ccccc1NC(=O)c1cc(-c2cccc(OC)c2)nc2c1c(C)nn2C1CCS(=O)(=O)C1. The van der Waals surface area contributed by atoms with Crippen LogP contribution in [0.25, 0.3) is 22.3 Å². The van der Waals surface area contributed by atoms with Crippen LogP contribution >= 0.6 is 0 Å². The first-order chi connectivity index (χ1) is 17.3. The van der Waals surface area contributed by atoms with Crippen LogP contribution in [0.4, 0.5) is 5.69 Å². The number of para-hydroxylation sites is 1. The summed E-state index contributed by atoms with van der Waals surface area (Å²) in [5, 5.41) is 8.36. The standard InChI is InChI=1S/C27H28N4O4S/c1-4-18-8-5-6-11-23(18)29-27(32)22-15-24(19-9-7-10-21(14-19)35-3)28-26-25(22)17(2)30-31(26)20-12-13-36(33,34)16-20/h5-11,14-15,20H,4,12-13,16H2,1-3H3,(H,29,32). The average Bonchev–Trinajstić information content (AvgIpc) is 3.42. The number of benzene rings is 2. The second-order valence-corrected chi connectivity index (χ2v) is 11.3. The summed E-state index contributed by atoms with van der Waals surface area (Å²) in [6.45, 7) is 3.87. The number of methoxy groups -OCH3 is 1. The van der Waals surface area contributed by atoms with Gasteiger partial charge in [0.15, 0.2) is 15.5 Å². The van der Waals surface area contributed by atoms with Gasteiger partial charge in [-0.3, -0.25) is 4.79 Å². The van der Waals surface area contributed by atoms with Crippen LogP contribution in [0.3, 0.4) is 0 Å². The monoisotopic (exact) mass is 504 g/mol. The van der Waals surface area contributed by atoms with Crippen LogP contribution in [0.2, 0.25) is 0 Å². The Morgan fingerprint density at radius 2 is 1.97 bits per heavy atom. The zero-order chi connectivity index (χ0) is 25.4. The van der Waals surface area contributed by atoms with E-state index in [1.807, 2.05) is 62.4 Å². The quantitative estimate of drug-likeness (QED) is 0.412. The number of amides is 1. The molecule has 1 amide bonds. The van der Waals surface area contributed by atoms with Gasteiger partial charge in [0.2, 0.25) is 0 Å². The fraction of sp³-hybridized carbons (Fsp3) is 0.296. The molecule has 0 spiro atoms. The molecule has 186 valence electrons. The van der Waals surface area contributed by atoms with Gasteiger partial charge in [0.1, 0.15) is 5.75 Å². The van der Waals surface area contributed by atoms with Gasteiger partial charge in [-0.25, -0.2) is 18.1 Å². The van der Waals surface area contributed by atoms with Gasteiger partial charge in [0.25, 0.3) is 5.91 Å². The van der Waals surface area contributed by atoms with E-state index in [-0.39, 0.29) is 23.5 Å². The van der Waals surface area contributed by atoms with Crippen molar-refractivity contribution in [1.82, 2.24) is 14.8 Å². The number of hydrogen-bond acceptors (Lipinski definition) is 6. The summed E-state index contributed by atoms with van der Waals surface area (Å²) >= 11 is 0. The fourth-order valence-corrected chi connectivity index (χ4v) is 6.48. The van der Waals surface area contributed by atoms with Crippen LogP contribution in [0.1, 0.15) is 41.0 Å². The van der Waals surface area contributed by atoms with Crippen LogP contribution in [0.15, 0.2) is 54.6 Å². The molecule has 4 aromatic rings. The van der Waals surface area contributed by atoms with E-state index in [9.17, 15) is 13.2 Å². The molecule has 2 aromatic heterocycles. The number of hydrogen-bond donors (Lipinski definition) is 1. The molecule has 1 atom stereocenters. The van der Waals surface area contributed by atoms with E-state index in [1.165, 1.54) is 0 Å². The Morgan fingerprint density at radius 1 is 1.17 bits per heavy atom. The van der Waals surface area contributed by atoms with Crippen molar-refractivity contribution >= 4 is 32.5 Å². The highest BCUT2D eigenvalue weighted by Gasteiger charge is 2.32. The second kappa shape index (κ2) is 9.39. The summed E-state index contributed by atoms with van der Waals surface area (Å²) in [7, 11) is -1.54. The first-order valence-electron chi connectivity index (χ1n) is 11.9. The number of carbonyl (C=O) groups excluding carboxylic acids is 1. The Balaban J connectivity index is 1.69. The summed E-state index contributed by atoms with van der Waals surface area (Å²) in [6, 6.07) is 16.6. The molecule has 0 aliphatic carbocycles. The van der Waals surface area contributed by atoms with E-state index in [1.54, 1.807) is 17.9 Å². The maximum absolute atomic E-state index is 13.7. The van der Waals surface area contributed by atoms with Crippen molar-refractivity contribution in [3.8, 4) is 17.0 Å². The third-order valence-corrected chi connectivity index (χ3v) is 8.40. The van der Waals surface area contributed by atoms with Crippen molar-refractivity contribution in [2.45, 2.75) is 32.7 Å². The molecular weight excluding hydrogens is 476 g/mol. The lowest BCUT2D eigenvalue weighted by Gasteiger charge is -2.14. The van der Waals surface area contributed by atoms with Crippen molar-refractivity contribution in [3.05, 3.63) is 71.4 Å². The highest BCUT2D eigenvalue weighted by Crippen LogP contribution is 2.33. The first-order valence-corrected chi connectivity index (χ1v) is 13.8. The van der Waals surface area contributed by atoms with Crippen LogP contribution < -0.4 is 10.1 Å². The minimum Gasteiger partial charge on any atom is -0.497 e. The number of rotatable bonds is 6. The smallest absolute Gasteiger partial charge is 0.256 e. The Labute approximate surface area is 210 Å². The lowest BCUT2D eigenvalue weighted by atomic mass is 10.0. The summed E-state index contributed by atoms with van der Waals surface area (Å²) in [5.74, 6) is 0.534. The molecule has 0 radical (unpaired) electrons. The number of aryl methyl sites for hydroxylation is 2. The normalized spacial score (nSPS) is 16.8. The number of anilines is 1. The maximum atomic E-state index is 13.7. The van der Waals surface area contributed by atoms with E-state index >= 15 is 0 Å². The van der Waals surface area contributed by atoms with Gasteiger partial charge in [-0.05, 0) is 49.6 Å². The molecule has 3 heterocycles. The topological polar surface area (TPSA) is 103 Å². The van der Waals surface area contributed by atoms with Crippen LogP contribution in [-0.4, -0.2) is 47.7 Å². The number of sulfone groups is 1. The number of carbonyl (C=O) groups is 1. The van der Waals surface area contributed by atoms with Gasteiger partial charge >= 0.3 is 0 Å². The highest BCUT2D eigenvalue weighted by atomic mass is 32.2. The van der Waals surface area contributed by atoms with Crippen LogP contribution in [-0.2, 0) is 16.3 Å². The van der Waals surface area contributed by atoms with Crippen LogP contribution in [0.5, 0.6) is 5.75 Å². The molecule has 5 rings (SSSR count). The third kappa shape index (κ3) is 4.46. The molecule has 36 heavy (non-hydrogen) atoms. The molecule has 0 saturated carbocycles. The molecular formula is C27H28N4O4S. The van der Waals surface area contributed by atoms with Crippen molar-refractivity contribution in [1.29, 1.82) is 0 Å². The van der Waals surface area contributed by atoms with Crippen molar-refractivity contribution < 1.29 is 17.9 Å². The van der Waals surface area contributed by atoms with E-state index in [2.05, 4.69) is 10.4 Å². The predicted octanol–water partition coefficient (Wildman–Crippen LogP) is 4.59. The number of ether oxygens (including phenoxy) is 1. The fourth-order valence-electron chi connectivity index (χ4n) is 4.79. The minimum atomic E-state index is -3.13. The van der Waals surface area contributed by atoms with Crippen LogP contribution in [0, 0.1) is 6.92 Å². The summed E-state index contributed by atoms with van der Waals surface area (Å²) in [4.78, 5) is 18.6. The zero-order valence-corrected chi connectivity index (χ0v) is 21.3. The maximum Gasteiger partial charge on any atom is 0.256 e. The Kier molecular flexibility index (Phi) is 6.26. The largest absolute Gasteiger partial charge is 0.497 e. The molecule has 1 N–H and O–H groups in total. The molecule has 1 fully saturated rings. The van der Waals surface area contributed by atoms with E-state index < -0.39 is 9.84 Å². The van der Waals surface area contributed by atoms with Gasteiger partial charge in [-0.15, -0.1) is 0 Å². The molecule has 9 heteroatoms. The molecule has 1 saturated heterocycles. The number of fused-ring (bicyclic) bond motifs is 1. The first kappa shape index (κ1) is 24.0. The Morgan fingerprint density at radius 3 is 2.69 bits per heavy atom. The molecule has 2 aromatic carbocycles. The van der Waals surface area contributed by atoms with E-state index in [0.717, 1.165) is 23.2 Å². The van der Waals surface area contributed by atoms with Crippen molar-refractivity contribution in [3.63, 3.8) is 0 Å². The van der Waals surface area contributed by atoms with Crippen molar-refractivity contribution in [2.24, 2.45) is 0 Å². The predicted molar refractivity (Wildman–Crippen MR) is 140 cm³/mol. The molecule has 8 nitrogen and oxygen atoms in total. The number of nitrogens with one attached hydrogen (secondary N) is 1. The lowest BCUT2D eigenvalue weighted by molar-refractivity contribution is 0.102. The Hall–Kier alpha value is -3.72. The summed E-state index contributed by atoms with van der Waals surface area (Å²) in [6.07, 6.45) is 1.25. The molecule has 1 aliphatic rings. The highest BCUT2D eigenvalue weighted by molar-refractivity contribution is 7.91. The molecule has 0 bridgehead atoms. The molecule has 1 unspecified atom stereocenters.